The number of benzene rings is 2. The van der Waals surface area contributed by atoms with Crippen molar-refractivity contribution in [3.8, 4) is 16.9 Å². The standard InChI is InChI=1S/C25H32N4O/c1-17-24(18(2)29(3)28-17)20-12-13-23(30-4)21(15-20)16-27-22-11-8-14-26-25(22)19-9-6-5-7-10-19/h5-7,9-10,12-13,15,22,25-27H,8,11,14,16H2,1-4H3/t22-,25-/m0/s1. The van der Waals surface area contributed by atoms with Crippen LogP contribution in [0, 0.1) is 13.8 Å². The fraction of sp³-hybridized carbons (Fsp3) is 0.400. The second-order valence-electron chi connectivity index (χ2n) is 8.17. The van der Waals surface area contributed by atoms with Gasteiger partial charge in [0.15, 0.2) is 0 Å². The highest BCUT2D eigenvalue weighted by Gasteiger charge is 2.26. The maximum Gasteiger partial charge on any atom is 0.123 e. The maximum absolute atomic E-state index is 5.68. The summed E-state index contributed by atoms with van der Waals surface area (Å²) in [6, 6.07) is 17.9. The number of hydrogen-bond donors (Lipinski definition) is 2. The van der Waals surface area contributed by atoms with E-state index in [2.05, 4.69) is 78.1 Å². The molecule has 2 heterocycles. The normalized spacial score (nSPS) is 19.1. The fourth-order valence-corrected chi connectivity index (χ4v) is 4.62. The predicted molar refractivity (Wildman–Crippen MR) is 122 cm³/mol. The summed E-state index contributed by atoms with van der Waals surface area (Å²) in [6.07, 6.45) is 2.35. The molecule has 1 aliphatic heterocycles. The molecule has 0 unspecified atom stereocenters. The molecule has 1 fully saturated rings. The summed E-state index contributed by atoms with van der Waals surface area (Å²) in [7, 11) is 3.74. The third kappa shape index (κ3) is 4.13. The van der Waals surface area contributed by atoms with Crippen LogP contribution in [0.1, 0.15) is 41.4 Å². The Morgan fingerprint density at radius 3 is 2.67 bits per heavy atom. The molecule has 30 heavy (non-hydrogen) atoms. The van der Waals surface area contributed by atoms with Gasteiger partial charge in [0.05, 0.1) is 12.8 Å². The highest BCUT2D eigenvalue weighted by Crippen LogP contribution is 2.31. The predicted octanol–water partition coefficient (Wildman–Crippen LogP) is 4.30. The Labute approximate surface area is 179 Å². The van der Waals surface area contributed by atoms with Crippen molar-refractivity contribution in [1.29, 1.82) is 0 Å². The van der Waals surface area contributed by atoms with Crippen LogP contribution in [-0.4, -0.2) is 29.5 Å². The quantitative estimate of drug-likeness (QED) is 0.643. The summed E-state index contributed by atoms with van der Waals surface area (Å²) in [4.78, 5) is 0. The van der Waals surface area contributed by atoms with Crippen LogP contribution in [0.4, 0.5) is 0 Å². The van der Waals surface area contributed by atoms with Gasteiger partial charge in [0.2, 0.25) is 0 Å². The van der Waals surface area contributed by atoms with Crippen LogP contribution in [0.5, 0.6) is 5.75 Å². The highest BCUT2D eigenvalue weighted by molar-refractivity contribution is 5.70. The Hall–Kier alpha value is -2.63. The molecule has 1 saturated heterocycles. The number of piperidine rings is 1. The van der Waals surface area contributed by atoms with Gasteiger partial charge in [-0.15, -0.1) is 0 Å². The zero-order valence-corrected chi connectivity index (χ0v) is 18.4. The number of hydrogen-bond acceptors (Lipinski definition) is 4. The molecule has 0 amide bonds. The van der Waals surface area contributed by atoms with Gasteiger partial charge in [-0.25, -0.2) is 0 Å². The lowest BCUT2D eigenvalue weighted by Gasteiger charge is -2.34. The van der Waals surface area contributed by atoms with E-state index in [1.54, 1.807) is 7.11 Å². The minimum Gasteiger partial charge on any atom is -0.496 e. The molecule has 3 aromatic rings. The second kappa shape index (κ2) is 9.02. The van der Waals surface area contributed by atoms with Gasteiger partial charge in [-0.3, -0.25) is 4.68 Å². The molecular weight excluding hydrogens is 372 g/mol. The summed E-state index contributed by atoms with van der Waals surface area (Å²) in [5.74, 6) is 0.922. The summed E-state index contributed by atoms with van der Waals surface area (Å²) in [6.45, 7) is 6.03. The van der Waals surface area contributed by atoms with Crippen molar-refractivity contribution < 1.29 is 4.74 Å². The molecule has 4 rings (SSSR count). The number of nitrogens with zero attached hydrogens (tertiary/aromatic N) is 2. The molecule has 1 aromatic heterocycles. The van der Waals surface area contributed by atoms with Crippen molar-refractivity contribution in [1.82, 2.24) is 20.4 Å². The second-order valence-corrected chi connectivity index (χ2v) is 8.17. The Balaban J connectivity index is 1.57. The number of methoxy groups -OCH3 is 1. The van der Waals surface area contributed by atoms with E-state index >= 15 is 0 Å². The average molecular weight is 405 g/mol. The number of nitrogens with one attached hydrogen (secondary N) is 2. The van der Waals surface area contributed by atoms with Crippen molar-refractivity contribution in [2.75, 3.05) is 13.7 Å². The van der Waals surface area contributed by atoms with E-state index in [4.69, 9.17) is 4.74 Å². The van der Waals surface area contributed by atoms with Gasteiger partial charge < -0.3 is 15.4 Å². The summed E-state index contributed by atoms with van der Waals surface area (Å²) < 4.78 is 7.63. The summed E-state index contributed by atoms with van der Waals surface area (Å²) in [5, 5.41) is 12.1. The van der Waals surface area contributed by atoms with E-state index in [0.717, 1.165) is 31.0 Å². The van der Waals surface area contributed by atoms with E-state index < -0.39 is 0 Å². The number of aromatic nitrogens is 2. The first-order chi connectivity index (χ1) is 14.6. The molecule has 0 bridgehead atoms. The average Bonchev–Trinajstić information content (AvgIpc) is 3.04. The first kappa shape index (κ1) is 20.6. The minimum atomic E-state index is 0.330. The Bertz CT molecular complexity index is 996. The Morgan fingerprint density at radius 1 is 1.17 bits per heavy atom. The largest absolute Gasteiger partial charge is 0.496 e. The SMILES string of the molecule is COc1ccc(-c2c(C)nn(C)c2C)cc1CN[C@H]1CCCN[C@H]1c1ccccc1. The van der Waals surface area contributed by atoms with Crippen LogP contribution in [0.3, 0.4) is 0 Å². The van der Waals surface area contributed by atoms with Crippen LogP contribution < -0.4 is 15.4 Å². The maximum atomic E-state index is 5.68. The third-order valence-corrected chi connectivity index (χ3v) is 6.25. The Morgan fingerprint density at radius 2 is 1.97 bits per heavy atom. The third-order valence-electron chi connectivity index (χ3n) is 6.25. The lowest BCUT2D eigenvalue weighted by Crippen LogP contribution is -2.45. The Kier molecular flexibility index (Phi) is 6.21. The van der Waals surface area contributed by atoms with Gasteiger partial charge in [0.25, 0.3) is 0 Å². The van der Waals surface area contributed by atoms with Gasteiger partial charge in [0, 0.05) is 42.5 Å². The van der Waals surface area contributed by atoms with Crippen molar-refractivity contribution in [3.05, 3.63) is 71.0 Å². The summed E-state index contributed by atoms with van der Waals surface area (Å²) >= 11 is 0. The molecule has 0 aliphatic carbocycles. The van der Waals surface area contributed by atoms with Crippen LogP contribution in [0.2, 0.25) is 0 Å². The molecule has 0 radical (unpaired) electrons. The van der Waals surface area contributed by atoms with E-state index in [-0.39, 0.29) is 0 Å². The van der Waals surface area contributed by atoms with E-state index in [0.29, 0.717) is 12.1 Å². The zero-order chi connectivity index (χ0) is 21.1. The molecule has 0 saturated carbocycles. The van der Waals surface area contributed by atoms with Crippen molar-refractivity contribution in [2.24, 2.45) is 7.05 Å². The number of rotatable bonds is 6. The van der Waals surface area contributed by atoms with Gasteiger partial charge in [-0.05, 0) is 56.5 Å². The van der Waals surface area contributed by atoms with Gasteiger partial charge in [0.1, 0.15) is 5.75 Å². The lowest BCUT2D eigenvalue weighted by molar-refractivity contribution is 0.303. The molecule has 5 heteroatoms. The van der Waals surface area contributed by atoms with Crippen molar-refractivity contribution in [2.45, 2.75) is 45.3 Å². The molecule has 158 valence electrons. The topological polar surface area (TPSA) is 51.1 Å². The van der Waals surface area contributed by atoms with Crippen LogP contribution in [0.25, 0.3) is 11.1 Å². The minimum absolute atomic E-state index is 0.330. The van der Waals surface area contributed by atoms with E-state index in [1.807, 2.05) is 11.7 Å². The highest BCUT2D eigenvalue weighted by atomic mass is 16.5. The van der Waals surface area contributed by atoms with E-state index in [1.165, 1.54) is 34.4 Å². The van der Waals surface area contributed by atoms with Crippen LogP contribution >= 0.6 is 0 Å². The first-order valence-electron chi connectivity index (χ1n) is 10.8. The molecule has 2 atom stereocenters. The summed E-state index contributed by atoms with van der Waals surface area (Å²) in [5.41, 5.74) is 7.16. The monoisotopic (exact) mass is 404 g/mol. The van der Waals surface area contributed by atoms with Crippen LogP contribution in [-0.2, 0) is 13.6 Å². The van der Waals surface area contributed by atoms with Crippen molar-refractivity contribution in [3.63, 3.8) is 0 Å². The first-order valence-corrected chi connectivity index (χ1v) is 10.8. The molecule has 2 N–H and O–H groups in total. The molecule has 0 spiro atoms. The molecule has 5 nitrogen and oxygen atoms in total. The smallest absolute Gasteiger partial charge is 0.123 e. The lowest BCUT2D eigenvalue weighted by atomic mass is 9.92. The van der Waals surface area contributed by atoms with E-state index in [9.17, 15) is 0 Å². The van der Waals surface area contributed by atoms with Crippen LogP contribution in [0.15, 0.2) is 48.5 Å². The van der Waals surface area contributed by atoms with Crippen molar-refractivity contribution >= 4 is 0 Å². The molecule has 2 aromatic carbocycles. The van der Waals surface area contributed by atoms with Gasteiger partial charge in [-0.1, -0.05) is 36.4 Å². The number of ether oxygens (including phenoxy) is 1. The zero-order valence-electron chi connectivity index (χ0n) is 18.4. The number of aryl methyl sites for hydroxylation is 2. The molecular formula is C25H32N4O. The molecule has 1 aliphatic rings. The van der Waals surface area contributed by atoms with Gasteiger partial charge >= 0.3 is 0 Å². The fourth-order valence-electron chi connectivity index (χ4n) is 4.62. The van der Waals surface area contributed by atoms with Gasteiger partial charge in [-0.2, -0.15) is 5.10 Å².